The van der Waals surface area contributed by atoms with Crippen LogP contribution in [-0.4, -0.2) is 12.0 Å². The number of alkyl halides is 3. The Hall–Kier alpha value is -1.26. The Labute approximate surface area is 78.7 Å². The summed E-state index contributed by atoms with van der Waals surface area (Å²) in [6, 6.07) is 1.44. The number of hydrogen-bond acceptors (Lipinski definition) is 2. The monoisotopic (exact) mass is 206 g/mol. The molecule has 0 spiro atoms. The molecule has 0 aromatic carbocycles. The first-order valence-electron chi connectivity index (χ1n) is 3.96. The summed E-state index contributed by atoms with van der Waals surface area (Å²) in [5.41, 5.74) is 0.296. The molecule has 1 aromatic rings. The number of carbonyl (C=O) groups is 1. The Bertz CT molecular complexity index is 349. The van der Waals surface area contributed by atoms with Crippen LogP contribution in [0.15, 0.2) is 10.5 Å². The number of aryl methyl sites for hydroxylation is 2. The fourth-order valence-electron chi connectivity index (χ4n) is 1.13. The lowest BCUT2D eigenvalue weighted by molar-refractivity contribution is -0.170. The van der Waals surface area contributed by atoms with Crippen molar-refractivity contribution in [2.75, 3.05) is 0 Å². The van der Waals surface area contributed by atoms with Gasteiger partial charge in [-0.25, -0.2) is 0 Å². The number of halogens is 3. The molecule has 0 saturated carbocycles. The summed E-state index contributed by atoms with van der Waals surface area (Å²) in [6.45, 7) is 3.15. The van der Waals surface area contributed by atoms with Crippen LogP contribution in [0.3, 0.4) is 0 Å². The quantitative estimate of drug-likeness (QED) is 0.744. The first-order valence-corrected chi connectivity index (χ1v) is 3.96. The van der Waals surface area contributed by atoms with Gasteiger partial charge < -0.3 is 4.42 Å². The maximum atomic E-state index is 11.9. The molecule has 0 bridgehead atoms. The van der Waals surface area contributed by atoms with Crippen LogP contribution in [0.25, 0.3) is 0 Å². The van der Waals surface area contributed by atoms with E-state index in [0.29, 0.717) is 17.1 Å². The average Bonchev–Trinajstić information content (AvgIpc) is 2.28. The molecule has 5 heteroatoms. The SMILES string of the molecule is Cc1cc(CC(=O)C(F)(F)F)c(C)o1. The van der Waals surface area contributed by atoms with E-state index >= 15 is 0 Å². The van der Waals surface area contributed by atoms with Gasteiger partial charge in [0.1, 0.15) is 11.5 Å². The lowest BCUT2D eigenvalue weighted by Crippen LogP contribution is -2.24. The van der Waals surface area contributed by atoms with Crippen molar-refractivity contribution in [3.8, 4) is 0 Å². The summed E-state index contributed by atoms with van der Waals surface area (Å²) >= 11 is 0. The van der Waals surface area contributed by atoms with Crippen molar-refractivity contribution in [1.82, 2.24) is 0 Å². The first-order chi connectivity index (χ1) is 6.30. The molecule has 0 aliphatic heterocycles. The fourth-order valence-corrected chi connectivity index (χ4v) is 1.13. The summed E-state index contributed by atoms with van der Waals surface area (Å²) in [5.74, 6) is -0.881. The fraction of sp³-hybridized carbons (Fsp3) is 0.444. The highest BCUT2D eigenvalue weighted by Gasteiger charge is 2.38. The zero-order valence-corrected chi connectivity index (χ0v) is 7.73. The molecule has 0 fully saturated rings. The van der Waals surface area contributed by atoms with Crippen molar-refractivity contribution in [3.05, 3.63) is 23.2 Å². The Morgan fingerprint density at radius 1 is 1.43 bits per heavy atom. The number of hydrogen-bond donors (Lipinski definition) is 0. The van der Waals surface area contributed by atoms with E-state index in [4.69, 9.17) is 4.42 Å². The third-order valence-electron chi connectivity index (χ3n) is 1.81. The van der Waals surface area contributed by atoms with Gasteiger partial charge in [-0.2, -0.15) is 13.2 Å². The zero-order valence-electron chi connectivity index (χ0n) is 7.73. The molecule has 2 nitrogen and oxygen atoms in total. The van der Waals surface area contributed by atoms with Gasteiger partial charge in [0.05, 0.1) is 0 Å². The average molecular weight is 206 g/mol. The minimum Gasteiger partial charge on any atom is -0.466 e. The molecule has 1 aromatic heterocycles. The predicted octanol–water partition coefficient (Wildman–Crippen LogP) is 2.57. The normalized spacial score (nSPS) is 11.8. The van der Waals surface area contributed by atoms with E-state index in [2.05, 4.69) is 0 Å². The van der Waals surface area contributed by atoms with E-state index in [1.54, 1.807) is 6.92 Å². The molecule has 0 unspecified atom stereocenters. The van der Waals surface area contributed by atoms with Gasteiger partial charge in [0.25, 0.3) is 0 Å². The molecule has 0 N–H and O–H groups in total. The highest BCUT2D eigenvalue weighted by atomic mass is 19.4. The Morgan fingerprint density at radius 2 is 2.00 bits per heavy atom. The molecule has 14 heavy (non-hydrogen) atoms. The van der Waals surface area contributed by atoms with Gasteiger partial charge in [-0.3, -0.25) is 4.79 Å². The van der Waals surface area contributed by atoms with E-state index in [1.807, 2.05) is 0 Å². The molecule has 1 heterocycles. The molecule has 0 saturated heterocycles. The third kappa shape index (κ3) is 2.37. The molecule has 0 radical (unpaired) electrons. The standard InChI is InChI=1S/C9H9F3O2/c1-5-3-7(6(2)14-5)4-8(13)9(10,11)12/h3H,4H2,1-2H3. The molecule has 0 aliphatic carbocycles. The third-order valence-corrected chi connectivity index (χ3v) is 1.81. The minimum atomic E-state index is -4.77. The summed E-state index contributed by atoms with van der Waals surface area (Å²) in [4.78, 5) is 10.6. The highest BCUT2D eigenvalue weighted by molar-refractivity contribution is 5.86. The molecule has 1 rings (SSSR count). The van der Waals surface area contributed by atoms with Gasteiger partial charge in [-0.05, 0) is 19.9 Å². The van der Waals surface area contributed by atoms with Crippen molar-refractivity contribution in [1.29, 1.82) is 0 Å². The smallest absolute Gasteiger partial charge is 0.450 e. The summed E-state index contributed by atoms with van der Waals surface area (Å²) in [7, 11) is 0. The largest absolute Gasteiger partial charge is 0.466 e. The Morgan fingerprint density at radius 3 is 2.36 bits per heavy atom. The Balaban J connectivity index is 2.80. The minimum absolute atomic E-state index is 0.296. The zero-order chi connectivity index (χ0) is 10.9. The van der Waals surface area contributed by atoms with Crippen molar-refractivity contribution in [2.45, 2.75) is 26.4 Å². The van der Waals surface area contributed by atoms with Crippen LogP contribution in [-0.2, 0) is 11.2 Å². The second-order valence-corrected chi connectivity index (χ2v) is 3.04. The van der Waals surface area contributed by atoms with Crippen LogP contribution in [0.2, 0.25) is 0 Å². The number of carbonyl (C=O) groups excluding carboxylic acids is 1. The van der Waals surface area contributed by atoms with Crippen molar-refractivity contribution in [3.63, 3.8) is 0 Å². The van der Waals surface area contributed by atoms with Gasteiger partial charge >= 0.3 is 6.18 Å². The van der Waals surface area contributed by atoms with E-state index < -0.39 is 18.4 Å². The van der Waals surface area contributed by atoms with Gasteiger partial charge in [-0.15, -0.1) is 0 Å². The van der Waals surface area contributed by atoms with Gasteiger partial charge in [0.2, 0.25) is 5.78 Å². The van der Waals surface area contributed by atoms with Crippen LogP contribution in [0, 0.1) is 13.8 Å². The second kappa shape index (κ2) is 3.48. The summed E-state index contributed by atoms with van der Waals surface area (Å²) in [5, 5.41) is 0. The van der Waals surface area contributed by atoms with E-state index in [0.717, 1.165) is 0 Å². The summed E-state index contributed by atoms with van der Waals surface area (Å²) < 4.78 is 40.7. The van der Waals surface area contributed by atoms with Gasteiger partial charge in [0.15, 0.2) is 0 Å². The maximum absolute atomic E-state index is 11.9. The number of Topliss-reactive ketones (excluding diaryl/α,β-unsaturated/α-hetero) is 1. The van der Waals surface area contributed by atoms with Crippen LogP contribution in [0.1, 0.15) is 17.1 Å². The van der Waals surface area contributed by atoms with Crippen LogP contribution < -0.4 is 0 Å². The van der Waals surface area contributed by atoms with Crippen LogP contribution in [0.5, 0.6) is 0 Å². The van der Waals surface area contributed by atoms with Gasteiger partial charge in [0, 0.05) is 12.0 Å². The topological polar surface area (TPSA) is 30.2 Å². The lowest BCUT2D eigenvalue weighted by atomic mass is 10.1. The molecule has 0 atom stereocenters. The molecule has 78 valence electrons. The number of rotatable bonds is 2. The predicted molar refractivity (Wildman–Crippen MR) is 42.9 cm³/mol. The number of ketones is 1. The highest BCUT2D eigenvalue weighted by Crippen LogP contribution is 2.21. The van der Waals surface area contributed by atoms with E-state index in [9.17, 15) is 18.0 Å². The van der Waals surface area contributed by atoms with Crippen LogP contribution >= 0.6 is 0 Å². The Kier molecular flexibility index (Phi) is 2.69. The molecular weight excluding hydrogens is 197 g/mol. The molecular formula is C9H9F3O2. The number of furan rings is 1. The first kappa shape index (κ1) is 10.8. The van der Waals surface area contributed by atoms with E-state index in [1.165, 1.54) is 13.0 Å². The maximum Gasteiger partial charge on any atom is 0.450 e. The van der Waals surface area contributed by atoms with Crippen molar-refractivity contribution < 1.29 is 22.4 Å². The van der Waals surface area contributed by atoms with Crippen molar-refractivity contribution in [2.24, 2.45) is 0 Å². The second-order valence-electron chi connectivity index (χ2n) is 3.04. The molecule has 0 aliphatic rings. The van der Waals surface area contributed by atoms with Gasteiger partial charge in [-0.1, -0.05) is 0 Å². The molecule has 0 amide bonds. The lowest BCUT2D eigenvalue weighted by Gasteiger charge is -2.03. The van der Waals surface area contributed by atoms with Crippen LogP contribution in [0.4, 0.5) is 13.2 Å². The van der Waals surface area contributed by atoms with E-state index in [-0.39, 0.29) is 0 Å². The van der Waals surface area contributed by atoms with Crippen molar-refractivity contribution >= 4 is 5.78 Å². The summed E-state index contributed by atoms with van der Waals surface area (Å²) in [6.07, 6.45) is -5.41.